The van der Waals surface area contributed by atoms with Gasteiger partial charge in [0.1, 0.15) is 18.3 Å². The fraction of sp³-hybridized carbons (Fsp3) is 0.455. The van der Waals surface area contributed by atoms with Gasteiger partial charge in [-0.05, 0) is 25.0 Å². The Hall–Kier alpha value is -1.76. The summed E-state index contributed by atoms with van der Waals surface area (Å²) in [4.78, 5) is 0. The van der Waals surface area contributed by atoms with Gasteiger partial charge in [-0.15, -0.1) is 0 Å². The molecule has 4 atom stereocenters. The standard InChI is InChI=1S/C22H26O5/c1-22(2)26-20-19(24-14-17-11-7-4-8-12-17)18(25-21(20)27-22)15-23-13-16-9-5-3-6-10-16/h3-12,18-21H,13-15H2,1-2H3/t18-,19+,20?,21-/m1/s1. The van der Waals surface area contributed by atoms with Crippen LogP contribution < -0.4 is 0 Å². The number of fused-ring (bicyclic) bond motifs is 1. The summed E-state index contributed by atoms with van der Waals surface area (Å²) in [7, 11) is 0. The predicted molar refractivity (Wildman–Crippen MR) is 99.8 cm³/mol. The molecule has 0 bridgehead atoms. The Kier molecular flexibility index (Phi) is 5.57. The summed E-state index contributed by atoms with van der Waals surface area (Å²) in [5.74, 6) is -0.667. The molecular weight excluding hydrogens is 344 g/mol. The maximum atomic E-state index is 6.20. The van der Waals surface area contributed by atoms with Crippen molar-refractivity contribution in [3.8, 4) is 0 Å². The van der Waals surface area contributed by atoms with Crippen molar-refractivity contribution < 1.29 is 23.7 Å². The number of hydrogen-bond acceptors (Lipinski definition) is 5. The van der Waals surface area contributed by atoms with Crippen LogP contribution in [0.4, 0.5) is 0 Å². The molecule has 5 heteroatoms. The highest BCUT2D eigenvalue weighted by molar-refractivity contribution is 5.14. The van der Waals surface area contributed by atoms with Gasteiger partial charge in [0.25, 0.3) is 0 Å². The van der Waals surface area contributed by atoms with E-state index >= 15 is 0 Å². The normalized spacial score (nSPS) is 29.0. The van der Waals surface area contributed by atoms with Crippen molar-refractivity contribution in [1.29, 1.82) is 0 Å². The summed E-state index contributed by atoms with van der Waals surface area (Å²) in [6.45, 7) is 5.24. The first-order valence-corrected chi connectivity index (χ1v) is 9.39. The van der Waals surface area contributed by atoms with Crippen molar-refractivity contribution >= 4 is 0 Å². The van der Waals surface area contributed by atoms with E-state index in [9.17, 15) is 0 Å². The van der Waals surface area contributed by atoms with Crippen LogP contribution in [-0.2, 0) is 36.9 Å². The summed E-state index contributed by atoms with van der Waals surface area (Å²) < 4.78 is 30.1. The quantitative estimate of drug-likeness (QED) is 0.744. The Morgan fingerprint density at radius 1 is 0.852 bits per heavy atom. The van der Waals surface area contributed by atoms with Crippen molar-refractivity contribution in [3.63, 3.8) is 0 Å². The molecule has 0 saturated carbocycles. The monoisotopic (exact) mass is 370 g/mol. The average Bonchev–Trinajstić information content (AvgIpc) is 3.13. The third kappa shape index (κ3) is 4.57. The summed E-state index contributed by atoms with van der Waals surface area (Å²) in [6, 6.07) is 20.2. The number of benzene rings is 2. The topological polar surface area (TPSA) is 46.2 Å². The van der Waals surface area contributed by atoms with Crippen molar-refractivity contribution in [3.05, 3.63) is 71.8 Å². The molecular formula is C22H26O5. The molecule has 4 rings (SSSR count). The average molecular weight is 370 g/mol. The molecule has 0 radical (unpaired) electrons. The first-order chi connectivity index (χ1) is 13.1. The molecule has 2 heterocycles. The lowest BCUT2D eigenvalue weighted by molar-refractivity contribution is -0.225. The lowest BCUT2D eigenvalue weighted by Gasteiger charge is -2.26. The summed E-state index contributed by atoms with van der Waals surface area (Å²) in [6.07, 6.45) is -1.16. The second kappa shape index (κ2) is 8.09. The molecule has 0 aromatic heterocycles. The van der Waals surface area contributed by atoms with Crippen LogP contribution in [0.2, 0.25) is 0 Å². The van der Waals surface area contributed by atoms with E-state index in [1.807, 2.05) is 74.5 Å². The number of ether oxygens (including phenoxy) is 5. The Morgan fingerprint density at radius 3 is 2.15 bits per heavy atom. The van der Waals surface area contributed by atoms with Gasteiger partial charge in [0.05, 0.1) is 19.8 Å². The largest absolute Gasteiger partial charge is 0.374 e. The Morgan fingerprint density at radius 2 is 1.48 bits per heavy atom. The molecule has 2 fully saturated rings. The van der Waals surface area contributed by atoms with Gasteiger partial charge in [-0.1, -0.05) is 60.7 Å². The summed E-state index contributed by atoms with van der Waals surface area (Å²) >= 11 is 0. The van der Waals surface area contributed by atoms with Crippen LogP contribution in [0.5, 0.6) is 0 Å². The molecule has 27 heavy (non-hydrogen) atoms. The summed E-state index contributed by atoms with van der Waals surface area (Å²) in [5.41, 5.74) is 2.24. The molecule has 0 N–H and O–H groups in total. The van der Waals surface area contributed by atoms with Crippen LogP contribution in [0.1, 0.15) is 25.0 Å². The van der Waals surface area contributed by atoms with Crippen LogP contribution in [0.25, 0.3) is 0 Å². The molecule has 2 aliphatic rings. The maximum Gasteiger partial charge on any atom is 0.190 e. The fourth-order valence-electron chi connectivity index (χ4n) is 3.52. The highest BCUT2D eigenvalue weighted by Crippen LogP contribution is 2.39. The van der Waals surface area contributed by atoms with E-state index in [0.717, 1.165) is 11.1 Å². The first-order valence-electron chi connectivity index (χ1n) is 9.39. The second-order valence-electron chi connectivity index (χ2n) is 7.41. The van der Waals surface area contributed by atoms with E-state index in [4.69, 9.17) is 23.7 Å². The fourth-order valence-corrected chi connectivity index (χ4v) is 3.52. The van der Waals surface area contributed by atoms with Crippen molar-refractivity contribution in [1.82, 2.24) is 0 Å². The summed E-state index contributed by atoms with van der Waals surface area (Å²) in [5, 5.41) is 0. The molecule has 1 unspecified atom stereocenters. The Balaban J connectivity index is 1.38. The maximum absolute atomic E-state index is 6.20. The van der Waals surface area contributed by atoms with Crippen LogP contribution >= 0.6 is 0 Å². The molecule has 144 valence electrons. The highest BCUT2D eigenvalue weighted by Gasteiger charge is 2.55. The zero-order valence-electron chi connectivity index (χ0n) is 15.7. The smallest absolute Gasteiger partial charge is 0.190 e. The van der Waals surface area contributed by atoms with Gasteiger partial charge >= 0.3 is 0 Å². The van der Waals surface area contributed by atoms with E-state index in [2.05, 4.69) is 0 Å². The van der Waals surface area contributed by atoms with Crippen molar-refractivity contribution in [2.45, 2.75) is 57.5 Å². The molecule has 0 spiro atoms. The molecule has 0 aliphatic carbocycles. The van der Waals surface area contributed by atoms with Gasteiger partial charge in [-0.2, -0.15) is 0 Å². The third-order valence-electron chi connectivity index (χ3n) is 4.77. The van der Waals surface area contributed by atoms with Gasteiger partial charge in [0, 0.05) is 0 Å². The van der Waals surface area contributed by atoms with Gasteiger partial charge in [0.15, 0.2) is 12.1 Å². The van der Waals surface area contributed by atoms with E-state index < -0.39 is 12.1 Å². The zero-order valence-corrected chi connectivity index (χ0v) is 15.7. The van der Waals surface area contributed by atoms with E-state index in [1.165, 1.54) is 0 Å². The zero-order chi connectivity index (χ0) is 18.7. The van der Waals surface area contributed by atoms with E-state index in [0.29, 0.717) is 19.8 Å². The molecule has 5 nitrogen and oxygen atoms in total. The predicted octanol–water partition coefficient (Wildman–Crippen LogP) is 3.67. The van der Waals surface area contributed by atoms with Crippen LogP contribution in [0, 0.1) is 0 Å². The first kappa shape index (κ1) is 18.6. The Bertz CT molecular complexity index is 718. The molecule has 2 aliphatic heterocycles. The van der Waals surface area contributed by atoms with Crippen molar-refractivity contribution in [2.24, 2.45) is 0 Å². The second-order valence-corrected chi connectivity index (χ2v) is 7.41. The van der Waals surface area contributed by atoms with Gasteiger partial charge in [-0.25, -0.2) is 0 Å². The van der Waals surface area contributed by atoms with Gasteiger partial charge in [0.2, 0.25) is 0 Å². The molecule has 0 amide bonds. The minimum absolute atomic E-state index is 0.233. The van der Waals surface area contributed by atoms with Crippen LogP contribution in [0.15, 0.2) is 60.7 Å². The van der Waals surface area contributed by atoms with Gasteiger partial charge in [-0.3, -0.25) is 0 Å². The van der Waals surface area contributed by atoms with Crippen LogP contribution in [-0.4, -0.2) is 37.0 Å². The highest BCUT2D eigenvalue weighted by atomic mass is 16.8. The van der Waals surface area contributed by atoms with Crippen LogP contribution in [0.3, 0.4) is 0 Å². The van der Waals surface area contributed by atoms with E-state index in [1.54, 1.807) is 0 Å². The molecule has 2 aromatic carbocycles. The lowest BCUT2D eigenvalue weighted by Crippen LogP contribution is -2.38. The van der Waals surface area contributed by atoms with Crippen molar-refractivity contribution in [2.75, 3.05) is 6.61 Å². The molecule has 2 saturated heterocycles. The number of rotatable bonds is 7. The third-order valence-corrected chi connectivity index (χ3v) is 4.77. The lowest BCUT2D eigenvalue weighted by atomic mass is 10.1. The number of hydrogen-bond donors (Lipinski definition) is 0. The molecule has 2 aromatic rings. The minimum Gasteiger partial charge on any atom is -0.374 e. The van der Waals surface area contributed by atoms with E-state index in [-0.39, 0.29) is 18.3 Å². The Labute approximate surface area is 160 Å². The van der Waals surface area contributed by atoms with Gasteiger partial charge < -0.3 is 23.7 Å². The minimum atomic E-state index is -0.667. The SMILES string of the molecule is CC1(C)OC2[C@H](O[C@H](COCc3ccccc3)[C@@H]2OCc2ccccc2)O1.